The maximum atomic E-state index is 13.0. The molecular weight excluding hydrogens is 486 g/mol. The average Bonchev–Trinajstić information content (AvgIpc) is 3.38. The van der Waals surface area contributed by atoms with Crippen LogP contribution in [-0.2, 0) is 35.7 Å². The molecule has 36 heavy (non-hydrogen) atoms. The van der Waals surface area contributed by atoms with Crippen LogP contribution in [0.15, 0.2) is 53.4 Å². The van der Waals surface area contributed by atoms with Gasteiger partial charge in [-0.1, -0.05) is 37.6 Å². The number of methoxy groups -OCH3 is 1. The smallest absolute Gasteiger partial charge is 0.340 e. The summed E-state index contributed by atoms with van der Waals surface area (Å²) < 4.78 is 47.1. The second-order valence-corrected chi connectivity index (χ2v) is 10.0. The van der Waals surface area contributed by atoms with E-state index in [-0.39, 0.29) is 41.4 Å². The molecule has 1 saturated heterocycles. The maximum absolute atomic E-state index is 13.0. The first-order valence-corrected chi connectivity index (χ1v) is 13.4. The van der Waals surface area contributed by atoms with E-state index in [4.69, 9.17) is 18.4 Å². The monoisotopic (exact) mass is 519 g/mol. The fraction of sp³-hybridized carbons (Fsp3) is 0.462. The summed E-state index contributed by atoms with van der Waals surface area (Å²) in [5.41, 5.74) is 0.716. The molecule has 0 aliphatic carbocycles. The van der Waals surface area contributed by atoms with E-state index in [1.54, 1.807) is 23.1 Å². The minimum absolute atomic E-state index is 0.00714. The molecule has 9 nitrogen and oxygen atoms in total. The number of hydrogen-bond acceptors (Lipinski definition) is 8. The molecule has 2 aromatic carbocycles. The largest absolute Gasteiger partial charge is 0.462 e. The topological polar surface area (TPSA) is 108 Å². The van der Waals surface area contributed by atoms with Gasteiger partial charge in [0.2, 0.25) is 5.91 Å². The first-order chi connectivity index (χ1) is 17.3. The van der Waals surface area contributed by atoms with Crippen LogP contribution < -0.4 is 4.18 Å². The van der Waals surface area contributed by atoms with Crippen molar-refractivity contribution in [1.82, 2.24) is 4.90 Å². The third-order valence-electron chi connectivity index (χ3n) is 5.68. The van der Waals surface area contributed by atoms with Gasteiger partial charge in [-0.05, 0) is 49.1 Å². The summed E-state index contributed by atoms with van der Waals surface area (Å²) in [4.78, 5) is 26.4. The van der Waals surface area contributed by atoms with Crippen molar-refractivity contribution in [1.29, 1.82) is 0 Å². The second-order valence-electron chi connectivity index (χ2n) is 8.51. The van der Waals surface area contributed by atoms with Crippen LogP contribution in [0.5, 0.6) is 5.75 Å². The molecule has 1 heterocycles. The molecule has 0 radical (unpaired) electrons. The number of rotatable bonds is 13. The Morgan fingerprint density at radius 3 is 2.53 bits per heavy atom. The molecule has 0 saturated carbocycles. The molecule has 0 unspecified atom stereocenters. The lowest BCUT2D eigenvalue weighted by molar-refractivity contribution is -0.137. The summed E-state index contributed by atoms with van der Waals surface area (Å²) in [6.07, 6.45) is 3.39. The second kappa shape index (κ2) is 13.4. The molecule has 0 bridgehead atoms. The van der Waals surface area contributed by atoms with E-state index in [1.807, 2.05) is 6.92 Å². The standard InChI is InChI=1S/C26H33NO8S/c1-3-4-15-34-26(29)23-9-5-6-10-24(23)36(30,31)35-21-13-11-20(12-14-21)17-27(25(28)19-32-2)18-22-8-7-16-33-22/h5-6,9-14,22H,3-4,7-8,15-19H2,1-2H3/t22-/m1/s1. The maximum Gasteiger partial charge on any atom is 0.340 e. The van der Waals surface area contributed by atoms with Gasteiger partial charge in [0, 0.05) is 26.8 Å². The zero-order valence-electron chi connectivity index (χ0n) is 20.7. The van der Waals surface area contributed by atoms with Gasteiger partial charge in [-0.2, -0.15) is 8.42 Å². The number of unbranched alkanes of at least 4 members (excludes halogenated alkanes) is 1. The molecular formula is C26H33NO8S. The Labute approximate surface area is 212 Å². The highest BCUT2D eigenvalue weighted by Gasteiger charge is 2.26. The van der Waals surface area contributed by atoms with Gasteiger partial charge in [-0.3, -0.25) is 4.79 Å². The van der Waals surface area contributed by atoms with E-state index < -0.39 is 16.1 Å². The van der Waals surface area contributed by atoms with Crippen LogP contribution >= 0.6 is 0 Å². The SMILES string of the molecule is CCCCOC(=O)c1ccccc1S(=O)(=O)Oc1ccc(CN(C[C@H]2CCCO2)C(=O)COC)cc1. The summed E-state index contributed by atoms with van der Waals surface area (Å²) in [5.74, 6) is -0.784. The van der Waals surface area contributed by atoms with E-state index in [0.29, 0.717) is 26.1 Å². The van der Waals surface area contributed by atoms with Crippen molar-refractivity contribution in [3.8, 4) is 5.75 Å². The highest BCUT2D eigenvalue weighted by molar-refractivity contribution is 7.87. The lowest BCUT2D eigenvalue weighted by atomic mass is 10.1. The Kier molecular flexibility index (Phi) is 10.3. The number of ether oxygens (including phenoxy) is 3. The van der Waals surface area contributed by atoms with Crippen LogP contribution in [0.25, 0.3) is 0 Å². The van der Waals surface area contributed by atoms with Crippen molar-refractivity contribution in [2.24, 2.45) is 0 Å². The van der Waals surface area contributed by atoms with Crippen molar-refractivity contribution in [2.75, 3.05) is 33.5 Å². The Balaban J connectivity index is 1.70. The van der Waals surface area contributed by atoms with E-state index in [1.165, 1.54) is 37.4 Å². The summed E-state index contributed by atoms with van der Waals surface area (Å²) in [6, 6.07) is 12.2. The highest BCUT2D eigenvalue weighted by Crippen LogP contribution is 2.23. The molecule has 1 atom stereocenters. The first-order valence-electron chi connectivity index (χ1n) is 12.0. The minimum Gasteiger partial charge on any atom is -0.462 e. The normalized spacial score (nSPS) is 15.4. The molecule has 0 spiro atoms. The predicted molar refractivity (Wildman–Crippen MR) is 132 cm³/mol. The summed E-state index contributed by atoms with van der Waals surface area (Å²) in [6.45, 7) is 3.61. The summed E-state index contributed by atoms with van der Waals surface area (Å²) in [5, 5.41) is 0. The van der Waals surface area contributed by atoms with Crippen molar-refractivity contribution < 1.29 is 36.4 Å². The zero-order valence-corrected chi connectivity index (χ0v) is 21.5. The predicted octanol–water partition coefficient (Wildman–Crippen LogP) is 3.57. The molecule has 0 aromatic heterocycles. The Bertz CT molecular complexity index is 1110. The molecule has 1 fully saturated rings. The summed E-state index contributed by atoms with van der Waals surface area (Å²) in [7, 11) is -2.82. The lowest BCUT2D eigenvalue weighted by Gasteiger charge is -2.25. The third-order valence-corrected chi connectivity index (χ3v) is 6.99. The van der Waals surface area contributed by atoms with Gasteiger partial charge in [0.1, 0.15) is 17.3 Å². The molecule has 2 aromatic rings. The third kappa shape index (κ3) is 7.78. The number of nitrogens with zero attached hydrogens (tertiary/aromatic N) is 1. The van der Waals surface area contributed by atoms with Crippen molar-refractivity contribution in [3.05, 3.63) is 59.7 Å². The fourth-order valence-corrected chi connectivity index (χ4v) is 4.91. The number of benzene rings is 2. The first kappa shape index (κ1) is 27.6. The van der Waals surface area contributed by atoms with Crippen LogP contribution in [0.4, 0.5) is 0 Å². The molecule has 1 aliphatic heterocycles. The number of amides is 1. The zero-order chi connectivity index (χ0) is 26.0. The van der Waals surface area contributed by atoms with Gasteiger partial charge in [0.15, 0.2) is 0 Å². The molecule has 0 N–H and O–H groups in total. The number of hydrogen-bond donors (Lipinski definition) is 0. The van der Waals surface area contributed by atoms with Crippen LogP contribution in [0.2, 0.25) is 0 Å². The van der Waals surface area contributed by atoms with Gasteiger partial charge >= 0.3 is 16.1 Å². The number of carbonyl (C=O) groups is 2. The van der Waals surface area contributed by atoms with Gasteiger partial charge in [0.25, 0.3) is 0 Å². The van der Waals surface area contributed by atoms with Crippen molar-refractivity contribution in [2.45, 2.75) is 50.2 Å². The van der Waals surface area contributed by atoms with E-state index in [2.05, 4.69) is 0 Å². The van der Waals surface area contributed by atoms with Gasteiger partial charge in [-0.15, -0.1) is 0 Å². The van der Waals surface area contributed by atoms with Gasteiger partial charge in [-0.25, -0.2) is 4.79 Å². The summed E-state index contributed by atoms with van der Waals surface area (Å²) >= 11 is 0. The molecule has 3 rings (SSSR count). The molecule has 1 aliphatic rings. The van der Waals surface area contributed by atoms with E-state index in [0.717, 1.165) is 24.8 Å². The quantitative estimate of drug-likeness (QED) is 0.225. The fourth-order valence-electron chi connectivity index (χ4n) is 3.79. The Hall–Kier alpha value is -2.95. The lowest BCUT2D eigenvalue weighted by Crippen LogP contribution is -2.38. The molecule has 196 valence electrons. The molecule has 10 heteroatoms. The molecule has 1 amide bonds. The van der Waals surface area contributed by atoms with Crippen LogP contribution in [-0.4, -0.2) is 64.8 Å². The number of carbonyl (C=O) groups excluding carboxylic acids is 2. The Morgan fingerprint density at radius 2 is 1.86 bits per heavy atom. The highest BCUT2D eigenvalue weighted by atomic mass is 32.2. The van der Waals surface area contributed by atoms with Crippen LogP contribution in [0, 0.1) is 0 Å². The van der Waals surface area contributed by atoms with Crippen molar-refractivity contribution >= 4 is 22.0 Å². The Morgan fingerprint density at radius 1 is 1.11 bits per heavy atom. The number of esters is 1. The van der Waals surface area contributed by atoms with Crippen LogP contribution in [0.1, 0.15) is 48.5 Å². The minimum atomic E-state index is -4.29. The van der Waals surface area contributed by atoms with Crippen molar-refractivity contribution in [3.63, 3.8) is 0 Å². The van der Waals surface area contributed by atoms with E-state index >= 15 is 0 Å². The van der Waals surface area contributed by atoms with Gasteiger partial charge < -0.3 is 23.3 Å². The van der Waals surface area contributed by atoms with Gasteiger partial charge in [0.05, 0.1) is 18.3 Å². The van der Waals surface area contributed by atoms with Crippen LogP contribution in [0.3, 0.4) is 0 Å². The van der Waals surface area contributed by atoms with E-state index in [9.17, 15) is 18.0 Å². The average molecular weight is 520 g/mol.